The van der Waals surface area contributed by atoms with Crippen LogP contribution in [0.3, 0.4) is 0 Å². The number of hydrogen-bond acceptors (Lipinski definition) is 5. The largest absolute Gasteiger partial charge is 0.748 e. The summed E-state index contributed by atoms with van der Waals surface area (Å²) in [7, 11) is -4.21. The van der Waals surface area contributed by atoms with Gasteiger partial charge in [0, 0.05) is 35.3 Å². The van der Waals surface area contributed by atoms with E-state index in [1.807, 2.05) is 54.6 Å². The van der Waals surface area contributed by atoms with Crippen molar-refractivity contribution in [1.29, 1.82) is 0 Å². The van der Waals surface area contributed by atoms with Crippen molar-refractivity contribution in [1.82, 2.24) is 10.2 Å². The number of benzene rings is 2. The highest BCUT2D eigenvalue weighted by atomic mass is 32.2. The first-order valence-electron chi connectivity index (χ1n) is 8.46. The van der Waals surface area contributed by atoms with E-state index in [0.29, 0.717) is 6.54 Å². The van der Waals surface area contributed by atoms with Gasteiger partial charge in [-0.2, -0.15) is 9.67 Å². The number of aromatic amines is 1. The fourth-order valence-corrected chi connectivity index (χ4v) is 4.67. The molecule has 0 saturated heterocycles. The number of H-pyrrole nitrogens is 1. The number of hydrogen-bond donors (Lipinski definition) is 1. The Bertz CT molecular complexity index is 1240. The second kappa shape index (κ2) is 7.22. The number of thiazole rings is 1. The van der Waals surface area contributed by atoms with Crippen LogP contribution in [-0.4, -0.2) is 28.9 Å². The maximum Gasteiger partial charge on any atom is 0.262 e. The minimum atomic E-state index is -4.21. The van der Waals surface area contributed by atoms with E-state index in [4.69, 9.17) is 0 Å². The van der Waals surface area contributed by atoms with E-state index in [-0.39, 0.29) is 12.2 Å². The number of aromatic nitrogens is 3. The predicted molar refractivity (Wildman–Crippen MR) is 106 cm³/mol. The lowest BCUT2D eigenvalue weighted by molar-refractivity contribution is -0.668. The van der Waals surface area contributed by atoms with E-state index in [0.717, 1.165) is 31.7 Å². The SMILES string of the molecule is O=S(=O)([O-])CCC[n+]1c(C=Cc2cccc3cn[nH]c23)sc2ccccc21. The predicted octanol–water partition coefficient (Wildman–Crippen LogP) is 3.17. The van der Waals surface area contributed by atoms with Gasteiger partial charge in [0.15, 0.2) is 6.54 Å². The highest BCUT2D eigenvalue weighted by Gasteiger charge is 2.18. The molecule has 0 fully saturated rings. The van der Waals surface area contributed by atoms with Gasteiger partial charge in [-0.1, -0.05) is 41.7 Å². The van der Waals surface area contributed by atoms with Crippen LogP contribution in [0.4, 0.5) is 0 Å². The Labute approximate surface area is 160 Å². The molecule has 1 N–H and O–H groups in total. The third-order valence-electron chi connectivity index (χ3n) is 4.33. The smallest absolute Gasteiger partial charge is 0.262 e. The molecule has 0 spiro atoms. The number of fused-ring (bicyclic) bond motifs is 2. The van der Waals surface area contributed by atoms with Crippen molar-refractivity contribution in [2.24, 2.45) is 0 Å². The highest BCUT2D eigenvalue weighted by molar-refractivity contribution is 7.85. The standard InChI is InChI=1S/C19H17N3O3S2/c23-27(24,25)12-4-11-22-16-7-1-2-8-17(16)26-18(22)10-9-14-5-3-6-15-13-20-21-19(14)15/h1-3,5-10,13H,4,11-12H2,(H,23,24,25). The molecule has 0 aliphatic carbocycles. The number of para-hydroxylation sites is 2. The van der Waals surface area contributed by atoms with Crippen molar-refractivity contribution >= 4 is 54.7 Å². The van der Waals surface area contributed by atoms with Gasteiger partial charge in [0.2, 0.25) is 5.52 Å². The van der Waals surface area contributed by atoms with E-state index in [1.165, 1.54) is 0 Å². The Morgan fingerprint density at radius 3 is 2.85 bits per heavy atom. The zero-order valence-corrected chi connectivity index (χ0v) is 16.0. The quantitative estimate of drug-likeness (QED) is 0.398. The summed E-state index contributed by atoms with van der Waals surface area (Å²) in [4.78, 5) is 0. The summed E-state index contributed by atoms with van der Waals surface area (Å²) in [5.74, 6) is -0.360. The maximum absolute atomic E-state index is 10.9. The van der Waals surface area contributed by atoms with Crippen LogP contribution < -0.4 is 4.57 Å². The maximum atomic E-state index is 10.9. The number of nitrogens with one attached hydrogen (secondary N) is 1. The summed E-state index contributed by atoms with van der Waals surface area (Å²) >= 11 is 1.63. The van der Waals surface area contributed by atoms with Crippen LogP contribution in [0.25, 0.3) is 33.3 Å². The molecule has 0 aliphatic rings. The van der Waals surface area contributed by atoms with Gasteiger partial charge in [-0.05, 0) is 12.1 Å². The van der Waals surface area contributed by atoms with E-state index >= 15 is 0 Å². The average molecular weight is 399 g/mol. The molecule has 0 aliphatic heterocycles. The molecule has 0 unspecified atom stereocenters. The molecule has 4 rings (SSSR count). The van der Waals surface area contributed by atoms with Crippen molar-refractivity contribution in [3.63, 3.8) is 0 Å². The molecule has 2 aromatic heterocycles. The Morgan fingerprint density at radius 2 is 2.00 bits per heavy atom. The van der Waals surface area contributed by atoms with Gasteiger partial charge < -0.3 is 4.55 Å². The molecule has 4 aromatic rings. The Hall–Kier alpha value is -2.55. The van der Waals surface area contributed by atoms with Gasteiger partial charge in [0.05, 0.1) is 21.8 Å². The minimum Gasteiger partial charge on any atom is -0.748 e. The van der Waals surface area contributed by atoms with E-state index in [9.17, 15) is 13.0 Å². The van der Waals surface area contributed by atoms with E-state index < -0.39 is 10.1 Å². The summed E-state index contributed by atoms with van der Waals surface area (Å²) < 4.78 is 36.0. The Kier molecular flexibility index (Phi) is 4.77. The molecule has 2 heterocycles. The molecule has 8 heteroatoms. The zero-order chi connectivity index (χ0) is 18.9. The van der Waals surface area contributed by atoms with Crippen LogP contribution in [0.1, 0.15) is 17.0 Å². The van der Waals surface area contributed by atoms with Crippen LogP contribution >= 0.6 is 11.3 Å². The lowest BCUT2D eigenvalue weighted by Crippen LogP contribution is -2.35. The number of aryl methyl sites for hydroxylation is 1. The zero-order valence-electron chi connectivity index (χ0n) is 14.3. The van der Waals surface area contributed by atoms with Crippen molar-refractivity contribution < 1.29 is 17.5 Å². The van der Waals surface area contributed by atoms with E-state index in [2.05, 4.69) is 14.8 Å². The molecule has 0 atom stereocenters. The summed E-state index contributed by atoms with van der Waals surface area (Å²) in [6.45, 7) is 0.472. The second-order valence-electron chi connectivity index (χ2n) is 6.19. The van der Waals surface area contributed by atoms with Gasteiger partial charge >= 0.3 is 0 Å². The molecular weight excluding hydrogens is 382 g/mol. The molecule has 138 valence electrons. The molecule has 0 bridgehead atoms. The normalized spacial score (nSPS) is 12.5. The molecular formula is C19H17N3O3S2. The first-order chi connectivity index (χ1) is 13.0. The van der Waals surface area contributed by atoms with Gasteiger partial charge in [-0.15, -0.1) is 0 Å². The monoisotopic (exact) mass is 399 g/mol. The minimum absolute atomic E-state index is 0.286. The summed E-state index contributed by atoms with van der Waals surface area (Å²) in [5.41, 5.74) is 3.03. The molecule has 6 nitrogen and oxygen atoms in total. The molecule has 27 heavy (non-hydrogen) atoms. The molecule has 0 radical (unpaired) electrons. The van der Waals surface area contributed by atoms with Gasteiger partial charge in [0.25, 0.3) is 5.01 Å². The van der Waals surface area contributed by atoms with Gasteiger partial charge in [0.1, 0.15) is 4.70 Å². The highest BCUT2D eigenvalue weighted by Crippen LogP contribution is 2.23. The van der Waals surface area contributed by atoms with Crippen LogP contribution in [0, 0.1) is 0 Å². The Morgan fingerprint density at radius 1 is 1.15 bits per heavy atom. The fraction of sp³-hybridized carbons (Fsp3) is 0.158. The molecule has 0 saturated carbocycles. The molecule has 0 amide bonds. The van der Waals surface area contributed by atoms with Crippen molar-refractivity contribution in [3.8, 4) is 0 Å². The van der Waals surface area contributed by atoms with Crippen molar-refractivity contribution in [2.75, 3.05) is 5.75 Å². The lowest BCUT2D eigenvalue weighted by Gasteiger charge is -2.04. The van der Waals surface area contributed by atoms with Crippen molar-refractivity contribution in [2.45, 2.75) is 13.0 Å². The van der Waals surface area contributed by atoms with Crippen LogP contribution in [0.15, 0.2) is 48.7 Å². The van der Waals surface area contributed by atoms with Crippen LogP contribution in [-0.2, 0) is 16.7 Å². The Balaban J connectivity index is 1.70. The number of nitrogens with zero attached hydrogens (tertiary/aromatic N) is 2. The topological polar surface area (TPSA) is 89.8 Å². The third-order valence-corrected chi connectivity index (χ3v) is 6.25. The van der Waals surface area contributed by atoms with Crippen LogP contribution in [0.2, 0.25) is 0 Å². The summed E-state index contributed by atoms with van der Waals surface area (Å²) in [5, 5.41) is 9.14. The first-order valence-corrected chi connectivity index (χ1v) is 10.9. The second-order valence-corrected chi connectivity index (χ2v) is 8.78. The fourth-order valence-electron chi connectivity index (χ4n) is 3.10. The van der Waals surface area contributed by atoms with Gasteiger partial charge in [-0.3, -0.25) is 5.10 Å². The van der Waals surface area contributed by atoms with Crippen molar-refractivity contribution in [3.05, 3.63) is 59.2 Å². The number of rotatable bonds is 6. The first kappa shape index (κ1) is 17.8. The third kappa shape index (κ3) is 3.92. The van der Waals surface area contributed by atoms with Crippen LogP contribution in [0.5, 0.6) is 0 Å². The van der Waals surface area contributed by atoms with E-state index in [1.54, 1.807) is 17.5 Å². The van der Waals surface area contributed by atoms with Gasteiger partial charge in [-0.25, -0.2) is 8.42 Å². The lowest BCUT2D eigenvalue weighted by atomic mass is 10.1. The molecule has 2 aromatic carbocycles. The summed E-state index contributed by atoms with van der Waals surface area (Å²) in [6.07, 6.45) is 6.11. The average Bonchev–Trinajstić information content (AvgIpc) is 3.24. The summed E-state index contributed by atoms with van der Waals surface area (Å²) in [6, 6.07) is 14.0.